The second-order valence-electron chi connectivity index (χ2n) is 33.6. The van der Waals surface area contributed by atoms with E-state index in [1.54, 1.807) is 73.6 Å². The highest BCUT2D eigenvalue weighted by Gasteiger charge is 2.48. The van der Waals surface area contributed by atoms with Crippen molar-refractivity contribution in [2.75, 3.05) is 38.9 Å². The van der Waals surface area contributed by atoms with Crippen LogP contribution in [-0.4, -0.2) is 147 Å². The third-order valence-corrected chi connectivity index (χ3v) is 27.2. The Balaban J connectivity index is 0.000000117. The fourth-order valence-electron chi connectivity index (χ4n) is 17.1. The Morgan fingerprint density at radius 3 is 1.20 bits per heavy atom. The number of halogens is 5. The van der Waals surface area contributed by atoms with Gasteiger partial charge in [-0.15, -0.1) is 5.10 Å². The first-order valence-electron chi connectivity index (χ1n) is 42.1. The Hall–Kier alpha value is -11.8. The van der Waals surface area contributed by atoms with Crippen LogP contribution in [0.4, 0.5) is 34.4 Å². The molecule has 0 unspecified atom stereocenters. The summed E-state index contributed by atoms with van der Waals surface area (Å²) in [6, 6.07) is 46.7. The zero-order valence-electron chi connectivity index (χ0n) is 70.2. The number of pyridine rings is 5. The van der Waals surface area contributed by atoms with Crippen LogP contribution < -0.4 is 31.9 Å². The maximum atomic E-state index is 10.5. The molecule has 34 heteroatoms. The first-order chi connectivity index (χ1) is 61.3. The number of aliphatic hydroxyl groups is 3. The lowest BCUT2D eigenvalue weighted by atomic mass is 9.63. The highest BCUT2D eigenvalue weighted by Crippen LogP contribution is 2.49. The summed E-state index contributed by atoms with van der Waals surface area (Å²) in [5.41, 5.74) is 19.1. The van der Waals surface area contributed by atoms with Crippen molar-refractivity contribution in [1.82, 2.24) is 78.0 Å². The summed E-state index contributed by atoms with van der Waals surface area (Å²) in [6.07, 6.45) is 32.5. The Bertz CT molecular complexity index is 6730. The molecule has 15 heterocycles. The Labute approximate surface area is 775 Å². The van der Waals surface area contributed by atoms with Gasteiger partial charge in [-0.25, -0.2) is 27.6 Å². The zero-order valence-corrected chi connectivity index (χ0v) is 78.1. The summed E-state index contributed by atoms with van der Waals surface area (Å²) in [6.45, 7) is 8.41. The topological polar surface area (TPSA) is 392 Å². The summed E-state index contributed by atoms with van der Waals surface area (Å²) in [5, 5.41) is 109. The van der Waals surface area contributed by atoms with Gasteiger partial charge in [-0.2, -0.15) is 41.4 Å². The molecule has 127 heavy (non-hydrogen) atoms. The van der Waals surface area contributed by atoms with Crippen LogP contribution >= 0.6 is 79.6 Å². The van der Waals surface area contributed by atoms with E-state index >= 15 is 0 Å². The van der Waals surface area contributed by atoms with Crippen LogP contribution in [-0.2, 0) is 0 Å². The van der Waals surface area contributed by atoms with E-state index in [0.717, 1.165) is 212 Å². The minimum Gasteiger partial charge on any atom is -0.393 e. The average molecular weight is 2020 g/mol. The SMILES string of the molecule is CC(C)Nc1cc(-c2ccc3cnc(N[C@@H]4CCCC[C@@H]4C)nn23)ncc1Br.CC1(O)CC(Nc2cc(-c3ccc4cc(C#N)cnn34)ncc2Br)C1.CNc1cc(-c2ccc3cc(C#N)cnn23)ncc1Br.N#Cc1cnn2c(-c3cc(NC45CCC(O)(CC4)CC5)c(Br)cn3)ccc2c1.N#Cc1cnn2c(-c3cc(NC4CCC(O)CC4)c(Br)cn3)ccc2c1. The van der Waals surface area contributed by atoms with Crippen LogP contribution in [0.2, 0.25) is 0 Å². The molecule has 646 valence electrons. The average Bonchev–Trinajstić information content (AvgIpc) is 1.60. The van der Waals surface area contributed by atoms with Crippen molar-refractivity contribution in [2.24, 2.45) is 5.92 Å². The van der Waals surface area contributed by atoms with Gasteiger partial charge < -0.3 is 47.2 Å². The van der Waals surface area contributed by atoms with Gasteiger partial charge >= 0.3 is 0 Å². The van der Waals surface area contributed by atoms with Crippen LogP contribution in [0.3, 0.4) is 0 Å². The van der Waals surface area contributed by atoms with Crippen LogP contribution in [0.5, 0.6) is 0 Å². The van der Waals surface area contributed by atoms with E-state index in [2.05, 4.69) is 219 Å². The fraction of sp³-hybridized carbons (Fsp3) is 0.323. The molecule has 9 N–H and O–H groups in total. The van der Waals surface area contributed by atoms with E-state index in [9.17, 15) is 15.3 Å². The minimum absolute atomic E-state index is 0.0484. The molecule has 0 amide bonds. The number of anilines is 6. The van der Waals surface area contributed by atoms with Gasteiger partial charge in [0.05, 0.1) is 206 Å². The molecule has 0 spiro atoms. The molecule has 29 nitrogen and oxygen atoms in total. The minimum atomic E-state index is -0.569. The second kappa shape index (κ2) is 38.4. The lowest BCUT2D eigenvalue weighted by Crippen LogP contribution is -2.53. The van der Waals surface area contributed by atoms with Gasteiger partial charge in [0.1, 0.15) is 24.3 Å². The normalized spacial score (nSPS) is 20.3. The van der Waals surface area contributed by atoms with Crippen molar-refractivity contribution in [3.05, 3.63) is 222 Å². The number of aliphatic hydroxyl groups excluding tert-OH is 1. The van der Waals surface area contributed by atoms with Crippen molar-refractivity contribution in [1.29, 1.82) is 21.0 Å². The summed E-state index contributed by atoms with van der Waals surface area (Å²) in [5.74, 6) is 1.33. The summed E-state index contributed by atoms with van der Waals surface area (Å²) < 4.78 is 13.6. The van der Waals surface area contributed by atoms with Gasteiger partial charge in [-0.1, -0.05) is 19.8 Å². The van der Waals surface area contributed by atoms with Crippen molar-refractivity contribution in [2.45, 2.75) is 177 Å². The van der Waals surface area contributed by atoms with Crippen LogP contribution in [0, 0.1) is 51.2 Å². The number of nitrogens with one attached hydrogen (secondary N) is 6. The highest BCUT2D eigenvalue weighted by molar-refractivity contribution is 9.11. The van der Waals surface area contributed by atoms with Gasteiger partial charge in [0, 0.05) is 67.7 Å². The maximum absolute atomic E-state index is 10.5. The molecular weight excluding hydrogens is 1930 g/mol. The molecule has 0 radical (unpaired) electrons. The number of hydrogen-bond donors (Lipinski definition) is 9. The molecule has 0 saturated heterocycles. The largest absolute Gasteiger partial charge is 0.393 e. The smallest absolute Gasteiger partial charge is 0.241 e. The van der Waals surface area contributed by atoms with E-state index in [4.69, 9.17) is 26.1 Å². The van der Waals surface area contributed by atoms with E-state index < -0.39 is 11.2 Å². The first-order valence-corrected chi connectivity index (χ1v) is 46.1. The summed E-state index contributed by atoms with van der Waals surface area (Å²) in [4.78, 5) is 27.1. The first kappa shape index (κ1) is 88.6. The predicted octanol–water partition coefficient (Wildman–Crippen LogP) is 19.8. The van der Waals surface area contributed by atoms with Crippen LogP contribution in [0.1, 0.15) is 153 Å². The Kier molecular flexibility index (Phi) is 26.8. The maximum Gasteiger partial charge on any atom is 0.241 e. The highest BCUT2D eigenvalue weighted by atomic mass is 79.9. The number of aromatic nitrogens is 16. The number of rotatable bonds is 16. The zero-order chi connectivity index (χ0) is 88.8. The van der Waals surface area contributed by atoms with Crippen LogP contribution in [0.25, 0.3) is 84.5 Å². The Morgan fingerprint density at radius 1 is 0.417 bits per heavy atom. The molecule has 6 aliphatic rings. The molecule has 21 rings (SSSR count). The number of nitriles is 4. The van der Waals surface area contributed by atoms with Crippen molar-refractivity contribution < 1.29 is 15.3 Å². The quantitative estimate of drug-likeness (QED) is 0.0434. The standard InChI is InChI=1S/C21H27BrN6.C21H20BrN5O.C19H18BrN5O.C18H16BrN5O.C14H10BrN5/c1-13(2)25-18-10-19(23-12-16(18)22)20-9-8-15-11-24-21(27-28(15)20)26-17-7-5-4-6-14(17)3;22-16-13-24-18(19-2-1-15-9-14(11-23)12-25-27(15)19)10-17(16)26-20-3-6-21(28,7-4-20)8-5-20;20-16-11-22-18(8-17(16)24-13-1-4-15(26)5-2-13)19-6-3-14-7-12(9-21)10-23-25(14)19;1-18(25)6-12(7-18)23-15-5-16(21-10-14(15)19)17-3-2-13-4-11(8-20)9-22-24(13)17;1-17-12-5-13(18-8-11(12)15)14-3-2-10-4-9(6-16)7-19-20(10)14/h8-14,17H,4-7H2,1-3H3,(H,23,25)(H,26,27);1-2,9-10,12-13,28H,3-8H2,(H,24,26);3,6-8,10-11,13,15,26H,1-2,4-5H2,(H,22,24);2-5,9-10,12,25H,6-7H2,1H3,(H,21,23);2-5,7-8H,1H3,(H,17,18)/t14-,17+;;;;/m0..../s1. The third-order valence-electron chi connectivity index (χ3n) is 24.0. The molecule has 0 aliphatic heterocycles. The molecule has 6 aliphatic carbocycles. The monoisotopic (exact) mass is 2010 g/mol. The van der Waals surface area contributed by atoms with Gasteiger partial charge in [0.2, 0.25) is 5.95 Å². The van der Waals surface area contributed by atoms with E-state index in [-0.39, 0.29) is 17.7 Å². The molecule has 2 atom stereocenters. The van der Waals surface area contributed by atoms with Crippen molar-refractivity contribution in [3.8, 4) is 81.2 Å². The van der Waals surface area contributed by atoms with E-state index in [1.807, 2.05) is 128 Å². The van der Waals surface area contributed by atoms with Gasteiger partial charge in [0.25, 0.3) is 0 Å². The molecular formula is C93H91Br5N26O3. The fourth-order valence-corrected chi connectivity index (χ4v) is 18.8. The van der Waals surface area contributed by atoms with E-state index in [1.165, 1.54) is 25.7 Å². The van der Waals surface area contributed by atoms with Gasteiger partial charge in [0.15, 0.2) is 0 Å². The lowest BCUT2D eigenvalue weighted by Gasteiger charge is -2.51. The van der Waals surface area contributed by atoms with E-state index in [0.29, 0.717) is 52.2 Å². The molecule has 6 fully saturated rings. The predicted molar refractivity (Wildman–Crippen MR) is 509 cm³/mol. The summed E-state index contributed by atoms with van der Waals surface area (Å²) in [7, 11) is 1.86. The second-order valence-corrected chi connectivity index (χ2v) is 37.9. The number of fused-ring (bicyclic) bond motifs is 8. The van der Waals surface area contributed by atoms with Crippen molar-refractivity contribution >= 4 is 142 Å². The van der Waals surface area contributed by atoms with Gasteiger partial charge in [-0.3, -0.25) is 24.9 Å². The third kappa shape index (κ3) is 20.3. The lowest BCUT2D eigenvalue weighted by molar-refractivity contribution is -0.0580. The number of hydrogen-bond acceptors (Lipinski definition) is 24. The molecule has 6 saturated carbocycles. The molecule has 2 bridgehead atoms. The molecule has 0 aromatic carbocycles. The number of nitrogens with zero attached hydrogens (tertiary/aromatic N) is 20. The molecule has 15 aromatic rings. The Morgan fingerprint density at radius 2 is 0.787 bits per heavy atom. The van der Waals surface area contributed by atoms with Crippen molar-refractivity contribution in [3.63, 3.8) is 0 Å². The summed E-state index contributed by atoms with van der Waals surface area (Å²) >= 11 is 17.7. The molecule has 15 aromatic heterocycles. The van der Waals surface area contributed by atoms with Crippen LogP contribution in [0.15, 0.2) is 200 Å². The van der Waals surface area contributed by atoms with Gasteiger partial charge in [-0.05, 0) is 311 Å².